The maximum Gasteiger partial charge on any atom is 0.315 e. The van der Waals surface area contributed by atoms with E-state index in [2.05, 4.69) is 10.6 Å². The van der Waals surface area contributed by atoms with Crippen LogP contribution in [0.15, 0.2) is 18.2 Å². The molecule has 0 heterocycles. The predicted octanol–water partition coefficient (Wildman–Crippen LogP) is 4.13. The molecular formula is C14H18Cl2N2O. The third kappa shape index (κ3) is 4.59. The molecule has 0 saturated heterocycles. The van der Waals surface area contributed by atoms with Crippen LogP contribution in [0.4, 0.5) is 4.79 Å². The quantitative estimate of drug-likeness (QED) is 0.866. The Bertz CT molecular complexity index is 445. The second-order valence-electron chi connectivity index (χ2n) is 4.91. The average molecular weight is 301 g/mol. The molecule has 3 nitrogen and oxygen atoms in total. The molecule has 2 amide bonds. The maximum atomic E-state index is 11.8. The Morgan fingerprint density at radius 3 is 2.58 bits per heavy atom. The Labute approximate surface area is 123 Å². The van der Waals surface area contributed by atoms with Gasteiger partial charge in [-0.15, -0.1) is 0 Å². The van der Waals surface area contributed by atoms with Crippen molar-refractivity contribution in [1.29, 1.82) is 0 Å². The molecule has 0 unspecified atom stereocenters. The van der Waals surface area contributed by atoms with Gasteiger partial charge in [0.2, 0.25) is 0 Å². The molecular weight excluding hydrogens is 283 g/mol. The number of benzene rings is 1. The SMILES string of the molecule is O=C(NCc1ccc(Cl)c(Cl)c1)NC1CCCCC1. The van der Waals surface area contributed by atoms with Crippen LogP contribution in [0.25, 0.3) is 0 Å². The molecule has 1 aromatic rings. The summed E-state index contributed by atoms with van der Waals surface area (Å²) in [6.07, 6.45) is 5.86. The smallest absolute Gasteiger partial charge is 0.315 e. The van der Waals surface area contributed by atoms with Crippen LogP contribution < -0.4 is 10.6 Å². The van der Waals surface area contributed by atoms with E-state index in [1.807, 2.05) is 6.07 Å². The lowest BCUT2D eigenvalue weighted by molar-refractivity contribution is 0.232. The fourth-order valence-corrected chi connectivity index (χ4v) is 2.64. The summed E-state index contributed by atoms with van der Waals surface area (Å²) >= 11 is 11.8. The van der Waals surface area contributed by atoms with Gasteiger partial charge in [-0.3, -0.25) is 0 Å². The van der Waals surface area contributed by atoms with Gasteiger partial charge in [-0.05, 0) is 30.5 Å². The van der Waals surface area contributed by atoms with Crippen molar-refractivity contribution in [1.82, 2.24) is 10.6 Å². The van der Waals surface area contributed by atoms with E-state index < -0.39 is 0 Å². The van der Waals surface area contributed by atoms with Crippen molar-refractivity contribution in [2.75, 3.05) is 0 Å². The Kier molecular flexibility index (Phi) is 5.34. The number of rotatable bonds is 3. The minimum Gasteiger partial charge on any atom is -0.335 e. The first-order valence-corrected chi connectivity index (χ1v) is 7.39. The molecule has 0 aliphatic heterocycles. The lowest BCUT2D eigenvalue weighted by atomic mass is 9.96. The van der Waals surface area contributed by atoms with E-state index in [9.17, 15) is 4.79 Å². The van der Waals surface area contributed by atoms with Gasteiger partial charge in [0.25, 0.3) is 0 Å². The van der Waals surface area contributed by atoms with Crippen LogP contribution in [0.5, 0.6) is 0 Å². The first-order valence-electron chi connectivity index (χ1n) is 6.63. The van der Waals surface area contributed by atoms with Crippen molar-refractivity contribution >= 4 is 29.2 Å². The van der Waals surface area contributed by atoms with E-state index >= 15 is 0 Å². The minimum atomic E-state index is -0.113. The third-order valence-electron chi connectivity index (χ3n) is 3.38. The minimum absolute atomic E-state index is 0.113. The van der Waals surface area contributed by atoms with Crippen molar-refractivity contribution in [2.24, 2.45) is 0 Å². The maximum absolute atomic E-state index is 11.8. The summed E-state index contributed by atoms with van der Waals surface area (Å²) in [6, 6.07) is 5.57. The number of carbonyl (C=O) groups is 1. The zero-order chi connectivity index (χ0) is 13.7. The highest BCUT2D eigenvalue weighted by Crippen LogP contribution is 2.22. The fraction of sp³-hybridized carbons (Fsp3) is 0.500. The van der Waals surface area contributed by atoms with Gasteiger partial charge in [-0.2, -0.15) is 0 Å². The molecule has 0 radical (unpaired) electrons. The Hall–Kier alpha value is -0.930. The average Bonchev–Trinajstić information content (AvgIpc) is 2.41. The number of urea groups is 1. The first kappa shape index (κ1) is 14.5. The molecule has 0 bridgehead atoms. The van der Waals surface area contributed by atoms with E-state index in [0.717, 1.165) is 18.4 Å². The van der Waals surface area contributed by atoms with E-state index in [-0.39, 0.29) is 6.03 Å². The normalized spacial score (nSPS) is 16.1. The van der Waals surface area contributed by atoms with Crippen LogP contribution in [-0.4, -0.2) is 12.1 Å². The van der Waals surface area contributed by atoms with Gasteiger partial charge in [-0.1, -0.05) is 48.5 Å². The molecule has 2 rings (SSSR count). The molecule has 1 aliphatic carbocycles. The van der Waals surface area contributed by atoms with Crippen LogP contribution in [-0.2, 0) is 6.54 Å². The first-order chi connectivity index (χ1) is 9.15. The van der Waals surface area contributed by atoms with Gasteiger partial charge in [0.05, 0.1) is 10.0 Å². The summed E-state index contributed by atoms with van der Waals surface area (Å²) in [5.74, 6) is 0. The standard InChI is InChI=1S/C14H18Cl2N2O/c15-12-7-6-10(8-13(12)16)9-17-14(19)18-11-4-2-1-3-5-11/h6-8,11H,1-5,9H2,(H2,17,18,19). The Balaban J connectivity index is 1.77. The molecule has 1 aliphatic rings. The van der Waals surface area contributed by atoms with Crippen molar-refractivity contribution in [3.63, 3.8) is 0 Å². The van der Waals surface area contributed by atoms with Crippen LogP contribution in [0.3, 0.4) is 0 Å². The highest BCUT2D eigenvalue weighted by molar-refractivity contribution is 6.42. The molecule has 1 aromatic carbocycles. The molecule has 2 N–H and O–H groups in total. The lowest BCUT2D eigenvalue weighted by Crippen LogP contribution is -2.42. The van der Waals surface area contributed by atoms with Crippen LogP contribution in [0.1, 0.15) is 37.7 Å². The molecule has 19 heavy (non-hydrogen) atoms. The highest BCUT2D eigenvalue weighted by Gasteiger charge is 2.15. The molecule has 104 valence electrons. The molecule has 0 spiro atoms. The summed E-state index contributed by atoms with van der Waals surface area (Å²) in [4.78, 5) is 11.8. The van der Waals surface area contributed by atoms with Gasteiger partial charge in [0.15, 0.2) is 0 Å². The van der Waals surface area contributed by atoms with Gasteiger partial charge in [0.1, 0.15) is 0 Å². The number of halogens is 2. The fourth-order valence-electron chi connectivity index (χ4n) is 2.32. The zero-order valence-corrected chi connectivity index (χ0v) is 12.2. The highest BCUT2D eigenvalue weighted by atomic mass is 35.5. The molecule has 0 atom stereocenters. The van der Waals surface area contributed by atoms with Crippen molar-refractivity contribution in [3.05, 3.63) is 33.8 Å². The monoisotopic (exact) mass is 300 g/mol. The Morgan fingerprint density at radius 1 is 1.16 bits per heavy atom. The molecule has 1 saturated carbocycles. The molecule has 5 heteroatoms. The zero-order valence-electron chi connectivity index (χ0n) is 10.7. The lowest BCUT2D eigenvalue weighted by Gasteiger charge is -2.22. The largest absolute Gasteiger partial charge is 0.335 e. The number of nitrogens with one attached hydrogen (secondary N) is 2. The van der Waals surface area contributed by atoms with Crippen LogP contribution in [0.2, 0.25) is 10.0 Å². The van der Waals surface area contributed by atoms with E-state index in [1.165, 1.54) is 19.3 Å². The van der Waals surface area contributed by atoms with E-state index in [0.29, 0.717) is 22.6 Å². The second-order valence-corrected chi connectivity index (χ2v) is 5.72. The summed E-state index contributed by atoms with van der Waals surface area (Å²) in [7, 11) is 0. The predicted molar refractivity (Wildman–Crippen MR) is 78.7 cm³/mol. The third-order valence-corrected chi connectivity index (χ3v) is 4.12. The summed E-state index contributed by atoms with van der Waals surface area (Å²) < 4.78 is 0. The number of amides is 2. The summed E-state index contributed by atoms with van der Waals surface area (Å²) in [6.45, 7) is 0.454. The van der Waals surface area contributed by atoms with Crippen LogP contribution in [0, 0.1) is 0 Å². The number of carbonyl (C=O) groups excluding carboxylic acids is 1. The Morgan fingerprint density at radius 2 is 1.89 bits per heavy atom. The molecule has 1 fully saturated rings. The molecule has 0 aromatic heterocycles. The summed E-state index contributed by atoms with van der Waals surface area (Å²) in [5, 5.41) is 6.88. The van der Waals surface area contributed by atoms with Crippen molar-refractivity contribution < 1.29 is 4.79 Å². The van der Waals surface area contributed by atoms with Crippen molar-refractivity contribution in [2.45, 2.75) is 44.7 Å². The van der Waals surface area contributed by atoms with Gasteiger partial charge in [-0.25, -0.2) is 4.79 Å². The van der Waals surface area contributed by atoms with Crippen LogP contribution >= 0.6 is 23.2 Å². The van der Waals surface area contributed by atoms with Gasteiger partial charge in [0, 0.05) is 12.6 Å². The summed E-state index contributed by atoms with van der Waals surface area (Å²) in [5.41, 5.74) is 0.938. The van der Waals surface area contributed by atoms with E-state index in [4.69, 9.17) is 23.2 Å². The van der Waals surface area contributed by atoms with Gasteiger partial charge < -0.3 is 10.6 Å². The number of hydrogen-bond donors (Lipinski definition) is 2. The number of hydrogen-bond acceptors (Lipinski definition) is 1. The van der Waals surface area contributed by atoms with Crippen molar-refractivity contribution in [3.8, 4) is 0 Å². The second kappa shape index (κ2) is 7.01. The topological polar surface area (TPSA) is 41.1 Å². The van der Waals surface area contributed by atoms with Gasteiger partial charge >= 0.3 is 6.03 Å². The van der Waals surface area contributed by atoms with E-state index in [1.54, 1.807) is 12.1 Å².